The Kier molecular flexibility index (Phi) is 4.59. The van der Waals surface area contributed by atoms with Crippen LogP contribution in [0.3, 0.4) is 0 Å². The molecule has 1 saturated carbocycles. The zero-order chi connectivity index (χ0) is 13.0. The summed E-state index contributed by atoms with van der Waals surface area (Å²) in [4.78, 5) is 6.99. The number of hydrogen-bond donors (Lipinski definition) is 1. The van der Waals surface area contributed by atoms with Gasteiger partial charge in [-0.05, 0) is 37.0 Å². The van der Waals surface area contributed by atoms with E-state index >= 15 is 0 Å². The number of pyridine rings is 1. The van der Waals surface area contributed by atoms with E-state index in [1.54, 1.807) is 0 Å². The highest BCUT2D eigenvalue weighted by Gasteiger charge is 2.19. The summed E-state index contributed by atoms with van der Waals surface area (Å²) in [6.45, 7) is 2.20. The highest BCUT2D eigenvalue weighted by Crippen LogP contribution is 2.26. The minimum atomic E-state index is 0.0982. The number of rotatable bonds is 4. The van der Waals surface area contributed by atoms with Crippen molar-refractivity contribution < 1.29 is 5.11 Å². The Morgan fingerprint density at radius 2 is 2.00 bits per heavy atom. The molecule has 1 fully saturated rings. The Balaban J connectivity index is 2.19. The van der Waals surface area contributed by atoms with Gasteiger partial charge in [0.15, 0.2) is 0 Å². The second kappa shape index (κ2) is 6.19. The average molecular weight is 248 g/mol. The van der Waals surface area contributed by atoms with Crippen LogP contribution in [0.25, 0.3) is 0 Å². The van der Waals surface area contributed by atoms with Gasteiger partial charge in [0.05, 0.1) is 6.61 Å². The second-order valence-corrected chi connectivity index (χ2v) is 5.24. The zero-order valence-electron chi connectivity index (χ0n) is 11.5. The average Bonchev–Trinajstić information content (AvgIpc) is 2.46. The molecule has 3 nitrogen and oxygen atoms in total. The molecule has 18 heavy (non-hydrogen) atoms. The number of aryl methyl sites for hydroxylation is 1. The summed E-state index contributed by atoms with van der Waals surface area (Å²) in [5.74, 6) is 1.02. The van der Waals surface area contributed by atoms with Crippen molar-refractivity contribution >= 4 is 5.82 Å². The lowest BCUT2D eigenvalue weighted by molar-refractivity contribution is 0.281. The van der Waals surface area contributed by atoms with Gasteiger partial charge in [0.1, 0.15) is 5.82 Å². The molecule has 1 aromatic rings. The van der Waals surface area contributed by atoms with Crippen molar-refractivity contribution in [3.63, 3.8) is 0 Å². The third-order valence-electron chi connectivity index (χ3n) is 3.95. The molecule has 0 aromatic carbocycles. The van der Waals surface area contributed by atoms with Crippen molar-refractivity contribution in [1.82, 2.24) is 4.98 Å². The molecule has 1 aromatic heterocycles. The largest absolute Gasteiger partial charge is 0.392 e. The van der Waals surface area contributed by atoms with Crippen molar-refractivity contribution in [2.75, 3.05) is 11.9 Å². The molecule has 1 N–H and O–H groups in total. The van der Waals surface area contributed by atoms with Crippen molar-refractivity contribution in [3.05, 3.63) is 23.4 Å². The molecule has 1 heterocycles. The van der Waals surface area contributed by atoms with Crippen molar-refractivity contribution in [1.29, 1.82) is 0 Å². The molecule has 0 saturated heterocycles. The molecule has 3 heteroatoms. The van der Waals surface area contributed by atoms with Gasteiger partial charge >= 0.3 is 0 Å². The van der Waals surface area contributed by atoms with Gasteiger partial charge in [-0.15, -0.1) is 0 Å². The van der Waals surface area contributed by atoms with Crippen molar-refractivity contribution in [2.24, 2.45) is 0 Å². The van der Waals surface area contributed by atoms with Crippen LogP contribution in [0.2, 0.25) is 0 Å². The first-order valence-electron chi connectivity index (χ1n) is 7.08. The molecule has 0 radical (unpaired) electrons. The smallest absolute Gasteiger partial charge is 0.129 e. The normalized spacial score (nSPS) is 16.8. The van der Waals surface area contributed by atoms with E-state index < -0.39 is 0 Å². The van der Waals surface area contributed by atoms with E-state index in [9.17, 15) is 5.11 Å². The quantitative estimate of drug-likeness (QED) is 0.890. The van der Waals surface area contributed by atoms with Gasteiger partial charge in [-0.3, -0.25) is 0 Å². The number of aliphatic hydroxyl groups excluding tert-OH is 1. The predicted octanol–water partition coefficient (Wildman–Crippen LogP) is 2.91. The molecule has 0 bridgehead atoms. The lowest BCUT2D eigenvalue weighted by Crippen LogP contribution is -2.34. The first kappa shape index (κ1) is 13.3. The molecule has 1 aliphatic carbocycles. The maximum atomic E-state index is 9.33. The molecule has 0 aliphatic heterocycles. The lowest BCUT2D eigenvalue weighted by atomic mass is 9.94. The van der Waals surface area contributed by atoms with Crippen molar-refractivity contribution in [3.8, 4) is 0 Å². The predicted molar refractivity (Wildman–Crippen MR) is 74.8 cm³/mol. The number of aromatic nitrogens is 1. The Labute approximate surface area is 110 Å². The van der Waals surface area contributed by atoms with E-state index in [0.717, 1.165) is 23.5 Å². The van der Waals surface area contributed by atoms with Crippen molar-refractivity contribution in [2.45, 2.75) is 58.1 Å². The van der Waals surface area contributed by atoms with Gasteiger partial charge in [-0.1, -0.05) is 26.2 Å². The van der Waals surface area contributed by atoms with Crippen LogP contribution in [0.5, 0.6) is 0 Å². The van der Waals surface area contributed by atoms with Gasteiger partial charge in [-0.2, -0.15) is 0 Å². The fourth-order valence-corrected chi connectivity index (χ4v) is 2.74. The maximum absolute atomic E-state index is 9.33. The van der Waals surface area contributed by atoms with Crippen LogP contribution in [0.4, 0.5) is 5.82 Å². The first-order chi connectivity index (χ1) is 8.74. The van der Waals surface area contributed by atoms with E-state index in [4.69, 9.17) is 0 Å². The first-order valence-corrected chi connectivity index (χ1v) is 7.08. The van der Waals surface area contributed by atoms with E-state index in [2.05, 4.69) is 23.9 Å². The van der Waals surface area contributed by atoms with Crippen LogP contribution in [0, 0.1) is 0 Å². The Hall–Kier alpha value is -1.09. The topological polar surface area (TPSA) is 36.4 Å². The minimum absolute atomic E-state index is 0.0982. The summed E-state index contributed by atoms with van der Waals surface area (Å²) < 4.78 is 0. The summed E-state index contributed by atoms with van der Waals surface area (Å²) in [5, 5.41) is 9.33. The third-order valence-corrected chi connectivity index (χ3v) is 3.95. The van der Waals surface area contributed by atoms with Crippen LogP contribution in [-0.4, -0.2) is 23.2 Å². The summed E-state index contributed by atoms with van der Waals surface area (Å²) in [7, 11) is 2.14. The molecule has 0 atom stereocenters. The van der Waals surface area contributed by atoms with Crippen LogP contribution >= 0.6 is 0 Å². The highest BCUT2D eigenvalue weighted by atomic mass is 16.3. The lowest BCUT2D eigenvalue weighted by Gasteiger charge is -2.32. The number of nitrogens with zero attached hydrogens (tertiary/aromatic N) is 2. The van der Waals surface area contributed by atoms with E-state index in [1.807, 2.05) is 12.1 Å². The van der Waals surface area contributed by atoms with Crippen LogP contribution in [-0.2, 0) is 13.0 Å². The molecular formula is C15H24N2O. The standard InChI is InChI=1S/C15H24N2O/c1-3-13-9-12(11-18)10-15(16-13)17(2)14-7-5-4-6-8-14/h9-10,14,18H,3-8,11H2,1-2H3. The van der Waals surface area contributed by atoms with Gasteiger partial charge in [-0.25, -0.2) is 4.98 Å². The maximum Gasteiger partial charge on any atom is 0.129 e. The zero-order valence-corrected chi connectivity index (χ0v) is 11.5. The Morgan fingerprint density at radius 1 is 1.28 bits per heavy atom. The molecular weight excluding hydrogens is 224 g/mol. The summed E-state index contributed by atoms with van der Waals surface area (Å²) in [5.41, 5.74) is 2.04. The van der Waals surface area contributed by atoms with Crippen LogP contribution in [0.1, 0.15) is 50.3 Å². The fourth-order valence-electron chi connectivity index (χ4n) is 2.74. The Bertz CT molecular complexity index is 364. The monoisotopic (exact) mass is 248 g/mol. The van der Waals surface area contributed by atoms with E-state index in [0.29, 0.717) is 6.04 Å². The highest BCUT2D eigenvalue weighted by molar-refractivity contribution is 5.43. The SMILES string of the molecule is CCc1cc(CO)cc(N(C)C2CCCCC2)n1. The molecule has 100 valence electrons. The van der Waals surface area contributed by atoms with Gasteiger partial charge in [0.2, 0.25) is 0 Å². The second-order valence-electron chi connectivity index (χ2n) is 5.24. The van der Waals surface area contributed by atoms with Crippen LogP contribution in [0.15, 0.2) is 12.1 Å². The molecule has 0 amide bonds. The summed E-state index contributed by atoms with van der Waals surface area (Å²) in [6, 6.07) is 4.64. The number of aliphatic hydroxyl groups is 1. The van der Waals surface area contributed by atoms with Gasteiger partial charge in [0, 0.05) is 18.8 Å². The number of hydrogen-bond acceptors (Lipinski definition) is 3. The van der Waals surface area contributed by atoms with E-state index in [-0.39, 0.29) is 6.61 Å². The van der Waals surface area contributed by atoms with Crippen LogP contribution < -0.4 is 4.90 Å². The van der Waals surface area contributed by atoms with Gasteiger partial charge < -0.3 is 10.0 Å². The number of anilines is 1. The summed E-state index contributed by atoms with van der Waals surface area (Å²) in [6.07, 6.45) is 7.48. The minimum Gasteiger partial charge on any atom is -0.392 e. The molecule has 0 unspecified atom stereocenters. The third kappa shape index (κ3) is 3.02. The Morgan fingerprint density at radius 3 is 2.61 bits per heavy atom. The molecule has 2 rings (SSSR count). The van der Waals surface area contributed by atoms with Gasteiger partial charge in [0.25, 0.3) is 0 Å². The molecule has 1 aliphatic rings. The molecule has 0 spiro atoms. The fraction of sp³-hybridized carbons (Fsp3) is 0.667. The summed E-state index contributed by atoms with van der Waals surface area (Å²) >= 11 is 0. The van der Waals surface area contributed by atoms with E-state index in [1.165, 1.54) is 32.1 Å².